The second kappa shape index (κ2) is 12.8. The van der Waals surface area contributed by atoms with Crippen LogP contribution in [0.25, 0.3) is 5.57 Å². The van der Waals surface area contributed by atoms with Gasteiger partial charge in [0.05, 0.1) is 24.5 Å². The molecule has 0 radical (unpaired) electrons. The Balaban J connectivity index is 1.15. The van der Waals surface area contributed by atoms with E-state index in [1.165, 1.54) is 0 Å². The molecule has 8 nitrogen and oxygen atoms in total. The summed E-state index contributed by atoms with van der Waals surface area (Å²) in [6.07, 6.45) is 6.22. The lowest BCUT2D eigenvalue weighted by molar-refractivity contribution is -0.137. The van der Waals surface area contributed by atoms with Crippen molar-refractivity contribution in [1.82, 2.24) is 14.8 Å². The van der Waals surface area contributed by atoms with Gasteiger partial charge in [0.1, 0.15) is 18.1 Å². The Hall–Kier alpha value is -3.43. The highest BCUT2D eigenvalue weighted by atomic mass is 35.5. The zero-order valence-electron chi connectivity index (χ0n) is 23.6. The first-order valence-corrected chi connectivity index (χ1v) is 15.0. The molecule has 2 saturated heterocycles. The average Bonchev–Trinajstić information content (AvgIpc) is 3.18. The molecule has 9 heteroatoms. The van der Waals surface area contributed by atoms with E-state index in [2.05, 4.69) is 22.0 Å². The van der Waals surface area contributed by atoms with Crippen LogP contribution in [-0.2, 0) is 21.7 Å². The summed E-state index contributed by atoms with van der Waals surface area (Å²) >= 11 is 6.05. The van der Waals surface area contributed by atoms with E-state index in [4.69, 9.17) is 25.8 Å². The number of morpholine rings is 1. The monoisotopic (exact) mass is 589 g/mol. The molecule has 0 spiro atoms. The van der Waals surface area contributed by atoms with Gasteiger partial charge in [0.25, 0.3) is 5.91 Å². The second-order valence-electron chi connectivity index (χ2n) is 11.0. The molecular formula is C33H36ClN3O5. The largest absolute Gasteiger partial charge is 0.487 e. The third-order valence-electron chi connectivity index (χ3n) is 8.37. The van der Waals surface area contributed by atoms with Crippen LogP contribution >= 0.6 is 11.6 Å². The number of carbonyl (C=O) groups excluding carboxylic acids is 1. The Morgan fingerprint density at radius 3 is 2.62 bits per heavy atom. The lowest BCUT2D eigenvalue weighted by Crippen LogP contribution is -2.42. The minimum Gasteiger partial charge on any atom is -0.487 e. The fourth-order valence-corrected chi connectivity index (χ4v) is 6.01. The minimum atomic E-state index is -0.818. The molecule has 0 atom stereocenters. The molecule has 4 heterocycles. The number of fused-ring (bicyclic) bond motifs is 2. The number of pyridine rings is 1. The minimum absolute atomic E-state index is 0.0197. The molecule has 1 aromatic heterocycles. The number of ether oxygens (including phenoxy) is 3. The number of halogens is 1. The van der Waals surface area contributed by atoms with Gasteiger partial charge in [-0.1, -0.05) is 35.9 Å². The number of benzene rings is 2. The predicted molar refractivity (Wildman–Crippen MR) is 161 cm³/mol. The summed E-state index contributed by atoms with van der Waals surface area (Å²) in [5.74, 6) is 1.34. The number of likely N-dealkylation sites (tertiary alicyclic amines) is 1. The summed E-state index contributed by atoms with van der Waals surface area (Å²) in [6, 6.07) is 17.3. The van der Waals surface area contributed by atoms with Gasteiger partial charge in [0, 0.05) is 55.1 Å². The van der Waals surface area contributed by atoms with Crippen molar-refractivity contribution < 1.29 is 24.1 Å². The molecule has 2 aromatic carbocycles. The SMILES string of the molecule is O=C(COc1ccc2c(c1)C(=CCCN1CCC(O)(c3ccc(Cl)cc3)CC1)c1cccnc1CO2)N1CCOCC1. The number of aliphatic hydroxyl groups is 1. The Labute approximate surface area is 251 Å². The van der Waals surface area contributed by atoms with Gasteiger partial charge < -0.3 is 29.1 Å². The van der Waals surface area contributed by atoms with Crippen LogP contribution in [0.1, 0.15) is 41.6 Å². The van der Waals surface area contributed by atoms with Crippen molar-refractivity contribution in [2.45, 2.75) is 31.5 Å². The summed E-state index contributed by atoms with van der Waals surface area (Å²) in [5, 5.41) is 11.9. The van der Waals surface area contributed by atoms with Gasteiger partial charge in [0.15, 0.2) is 6.61 Å². The molecule has 0 unspecified atom stereocenters. The molecule has 2 fully saturated rings. The van der Waals surface area contributed by atoms with Crippen LogP contribution in [0.3, 0.4) is 0 Å². The van der Waals surface area contributed by atoms with E-state index in [0.29, 0.717) is 56.5 Å². The number of hydrogen-bond acceptors (Lipinski definition) is 7. The van der Waals surface area contributed by atoms with Gasteiger partial charge in [-0.15, -0.1) is 0 Å². The van der Waals surface area contributed by atoms with Crippen molar-refractivity contribution >= 4 is 23.1 Å². The summed E-state index contributed by atoms with van der Waals surface area (Å²) < 4.78 is 17.5. The van der Waals surface area contributed by atoms with E-state index in [-0.39, 0.29) is 12.5 Å². The first-order valence-electron chi connectivity index (χ1n) is 14.6. The van der Waals surface area contributed by atoms with Crippen LogP contribution < -0.4 is 9.47 Å². The quantitative estimate of drug-likeness (QED) is 0.429. The molecule has 3 aliphatic heterocycles. The standard InChI is InChI=1S/C33H36ClN3O5/c34-25-7-5-24(6-8-25)33(39)11-15-36(16-12-33)14-2-4-27-28-3-1-13-35-30(28)22-42-31-10-9-26(21-29(27)31)41-23-32(38)37-17-19-40-20-18-37/h1,3-10,13,21,39H,2,11-12,14-20,22-23H2. The Kier molecular flexibility index (Phi) is 8.76. The zero-order chi connectivity index (χ0) is 28.9. The van der Waals surface area contributed by atoms with Crippen LogP contribution in [-0.4, -0.2) is 78.3 Å². The Morgan fingerprint density at radius 2 is 1.83 bits per heavy atom. The molecule has 3 aliphatic rings. The van der Waals surface area contributed by atoms with Crippen LogP contribution in [0, 0.1) is 0 Å². The maximum atomic E-state index is 12.6. The molecular weight excluding hydrogens is 554 g/mol. The number of rotatable bonds is 7. The van der Waals surface area contributed by atoms with Gasteiger partial charge in [-0.05, 0) is 66.8 Å². The van der Waals surface area contributed by atoms with Gasteiger partial charge in [-0.3, -0.25) is 9.78 Å². The molecule has 1 amide bonds. The highest BCUT2D eigenvalue weighted by Gasteiger charge is 2.33. The van der Waals surface area contributed by atoms with Gasteiger partial charge >= 0.3 is 0 Å². The number of hydrogen-bond donors (Lipinski definition) is 1. The van der Waals surface area contributed by atoms with E-state index in [1.54, 1.807) is 11.1 Å². The summed E-state index contributed by atoms with van der Waals surface area (Å²) in [6.45, 7) is 5.16. The van der Waals surface area contributed by atoms with Gasteiger partial charge in [0.2, 0.25) is 0 Å². The number of carbonyl (C=O) groups is 1. The van der Waals surface area contributed by atoms with Gasteiger partial charge in [-0.25, -0.2) is 0 Å². The van der Waals surface area contributed by atoms with Gasteiger partial charge in [-0.2, -0.15) is 0 Å². The second-order valence-corrected chi connectivity index (χ2v) is 11.4. The van der Waals surface area contributed by atoms with Crippen molar-refractivity contribution in [2.75, 3.05) is 52.5 Å². The van der Waals surface area contributed by atoms with E-state index in [9.17, 15) is 9.90 Å². The fraction of sp³-hybridized carbons (Fsp3) is 0.394. The third-order valence-corrected chi connectivity index (χ3v) is 8.62. The highest BCUT2D eigenvalue weighted by Crippen LogP contribution is 2.39. The first-order chi connectivity index (χ1) is 20.5. The molecule has 6 rings (SSSR count). The molecule has 1 N–H and O–H groups in total. The number of piperidine rings is 1. The van der Waals surface area contributed by atoms with Crippen molar-refractivity contribution in [3.05, 3.63) is 94.3 Å². The smallest absolute Gasteiger partial charge is 0.260 e. The normalized spacial score (nSPS) is 19.4. The predicted octanol–water partition coefficient (Wildman–Crippen LogP) is 4.67. The summed E-state index contributed by atoms with van der Waals surface area (Å²) in [5.41, 5.74) is 4.00. The lowest BCUT2D eigenvalue weighted by Gasteiger charge is -2.38. The van der Waals surface area contributed by atoms with Crippen molar-refractivity contribution in [2.24, 2.45) is 0 Å². The number of nitrogens with zero attached hydrogens (tertiary/aromatic N) is 3. The number of amides is 1. The molecule has 3 aromatic rings. The number of aromatic nitrogens is 1. The van der Waals surface area contributed by atoms with E-state index >= 15 is 0 Å². The molecule has 0 aliphatic carbocycles. The van der Waals surface area contributed by atoms with Crippen molar-refractivity contribution in [3.63, 3.8) is 0 Å². The maximum absolute atomic E-state index is 12.6. The average molecular weight is 590 g/mol. The maximum Gasteiger partial charge on any atom is 0.260 e. The molecule has 42 heavy (non-hydrogen) atoms. The third kappa shape index (κ3) is 6.47. The molecule has 220 valence electrons. The fourth-order valence-electron chi connectivity index (χ4n) is 5.88. The Morgan fingerprint density at radius 1 is 1.05 bits per heavy atom. The first kappa shape index (κ1) is 28.7. The lowest BCUT2D eigenvalue weighted by atomic mass is 9.84. The van der Waals surface area contributed by atoms with E-state index in [0.717, 1.165) is 59.8 Å². The van der Waals surface area contributed by atoms with Crippen molar-refractivity contribution in [1.29, 1.82) is 0 Å². The van der Waals surface area contributed by atoms with Crippen LogP contribution in [0.5, 0.6) is 11.5 Å². The molecule has 0 bridgehead atoms. The van der Waals surface area contributed by atoms with Crippen LogP contribution in [0.2, 0.25) is 5.02 Å². The highest BCUT2D eigenvalue weighted by molar-refractivity contribution is 6.30. The van der Waals surface area contributed by atoms with E-state index < -0.39 is 5.60 Å². The molecule has 0 saturated carbocycles. The summed E-state index contributed by atoms with van der Waals surface area (Å²) in [7, 11) is 0. The summed E-state index contributed by atoms with van der Waals surface area (Å²) in [4.78, 5) is 21.4. The topological polar surface area (TPSA) is 84.4 Å². The van der Waals surface area contributed by atoms with Crippen LogP contribution in [0.4, 0.5) is 0 Å². The Bertz CT molecular complexity index is 1430. The zero-order valence-corrected chi connectivity index (χ0v) is 24.4. The van der Waals surface area contributed by atoms with Crippen molar-refractivity contribution in [3.8, 4) is 11.5 Å². The van der Waals surface area contributed by atoms with Crippen LogP contribution in [0.15, 0.2) is 66.9 Å². The van der Waals surface area contributed by atoms with E-state index in [1.807, 2.05) is 48.5 Å².